The molecule has 12 heavy (non-hydrogen) atoms. The van der Waals surface area contributed by atoms with Gasteiger partial charge in [0.05, 0.1) is 6.33 Å². The minimum atomic E-state index is -1.83. The van der Waals surface area contributed by atoms with Gasteiger partial charge < -0.3 is 14.8 Å². The van der Waals surface area contributed by atoms with Crippen LogP contribution in [0.15, 0.2) is 18.7 Å². The molecule has 0 amide bonds. The molecule has 0 fully saturated rings. The van der Waals surface area contributed by atoms with Crippen LogP contribution in [0.5, 0.6) is 0 Å². The van der Waals surface area contributed by atoms with Gasteiger partial charge in [0.25, 0.3) is 0 Å². The maximum atomic E-state index is 8.56. The van der Waals surface area contributed by atoms with E-state index >= 15 is 0 Å². The highest BCUT2D eigenvalue weighted by molar-refractivity contribution is 5.53. The van der Waals surface area contributed by atoms with E-state index in [0.29, 0.717) is 0 Å². The van der Waals surface area contributed by atoms with Gasteiger partial charge in [0.15, 0.2) is 0 Å². The minimum Gasteiger partial charge on any atom is -0.450 e. The van der Waals surface area contributed by atoms with Gasteiger partial charge in [-0.15, -0.1) is 0 Å². The maximum Gasteiger partial charge on any atom is 0.503 e. The topological polar surface area (TPSA) is 75.4 Å². The molecule has 0 aliphatic rings. The summed E-state index contributed by atoms with van der Waals surface area (Å²) in [4.78, 5) is 12.5. The van der Waals surface area contributed by atoms with E-state index in [1.807, 2.05) is 12.5 Å². The van der Waals surface area contributed by atoms with Crippen molar-refractivity contribution < 1.29 is 15.0 Å². The predicted octanol–water partition coefficient (Wildman–Crippen LogP) is 1.52. The number of carboxylic acid groups (broad SMARTS) is 2. The van der Waals surface area contributed by atoms with Gasteiger partial charge in [-0.25, -0.2) is 9.78 Å². The molecule has 0 bridgehead atoms. The summed E-state index contributed by atoms with van der Waals surface area (Å²) in [5, 5.41) is 13.9. The van der Waals surface area contributed by atoms with Crippen LogP contribution in [0.4, 0.5) is 4.79 Å². The summed E-state index contributed by atoms with van der Waals surface area (Å²) >= 11 is 0. The third-order valence-corrected chi connectivity index (χ3v) is 1.04. The van der Waals surface area contributed by atoms with Crippen LogP contribution < -0.4 is 0 Å². The molecule has 1 heterocycles. The molecule has 68 valence electrons. The Balaban J connectivity index is 0.000000261. The molecular formula is C7H12N2O3. The molecule has 0 saturated carbocycles. The maximum absolute atomic E-state index is 8.56. The molecule has 0 aliphatic heterocycles. The second-order valence-electron chi connectivity index (χ2n) is 2.08. The van der Waals surface area contributed by atoms with Gasteiger partial charge >= 0.3 is 6.16 Å². The van der Waals surface area contributed by atoms with Gasteiger partial charge in [-0.1, -0.05) is 6.92 Å². The molecule has 0 aromatic carbocycles. The monoisotopic (exact) mass is 172 g/mol. The summed E-state index contributed by atoms with van der Waals surface area (Å²) in [6, 6.07) is 0. The number of aryl methyl sites for hydroxylation is 1. The van der Waals surface area contributed by atoms with Gasteiger partial charge in [0.1, 0.15) is 0 Å². The van der Waals surface area contributed by atoms with Crippen LogP contribution in [-0.2, 0) is 6.54 Å². The number of hydrogen-bond acceptors (Lipinski definition) is 2. The third kappa shape index (κ3) is 6.60. The number of nitrogens with zero attached hydrogens (tertiary/aromatic N) is 2. The molecule has 5 heteroatoms. The third-order valence-electron chi connectivity index (χ3n) is 1.04. The largest absolute Gasteiger partial charge is 0.503 e. The minimum absolute atomic E-state index is 1.08. The highest BCUT2D eigenvalue weighted by atomic mass is 16.6. The fourth-order valence-corrected chi connectivity index (χ4v) is 0.677. The predicted molar refractivity (Wildman–Crippen MR) is 43.2 cm³/mol. The van der Waals surface area contributed by atoms with Crippen molar-refractivity contribution in [2.24, 2.45) is 0 Å². The van der Waals surface area contributed by atoms with Crippen LogP contribution in [0.3, 0.4) is 0 Å². The SMILES string of the molecule is CCCn1ccnc1.O=C(O)O. The second kappa shape index (κ2) is 6.21. The lowest BCUT2D eigenvalue weighted by atomic mass is 10.5. The molecule has 1 aromatic rings. The first-order valence-electron chi connectivity index (χ1n) is 3.54. The quantitative estimate of drug-likeness (QED) is 0.709. The van der Waals surface area contributed by atoms with Crippen LogP contribution in [-0.4, -0.2) is 25.9 Å². The Hall–Kier alpha value is -1.52. The molecule has 5 nitrogen and oxygen atoms in total. The van der Waals surface area contributed by atoms with E-state index in [2.05, 4.69) is 16.5 Å². The summed E-state index contributed by atoms with van der Waals surface area (Å²) in [5.41, 5.74) is 0. The lowest BCUT2D eigenvalue weighted by Crippen LogP contribution is -1.90. The highest BCUT2D eigenvalue weighted by Crippen LogP contribution is 1.87. The van der Waals surface area contributed by atoms with E-state index in [1.165, 1.54) is 6.42 Å². The van der Waals surface area contributed by atoms with E-state index in [9.17, 15) is 0 Å². The zero-order valence-electron chi connectivity index (χ0n) is 6.84. The van der Waals surface area contributed by atoms with Gasteiger partial charge in [-0.2, -0.15) is 0 Å². The number of hydrogen-bond donors (Lipinski definition) is 2. The van der Waals surface area contributed by atoms with Crippen LogP contribution >= 0.6 is 0 Å². The van der Waals surface area contributed by atoms with Gasteiger partial charge in [-0.05, 0) is 6.42 Å². The molecule has 0 radical (unpaired) electrons. The molecule has 1 rings (SSSR count). The van der Waals surface area contributed by atoms with E-state index in [1.54, 1.807) is 6.20 Å². The zero-order valence-corrected chi connectivity index (χ0v) is 6.84. The van der Waals surface area contributed by atoms with Crippen molar-refractivity contribution in [3.63, 3.8) is 0 Å². The number of carbonyl (C=O) groups is 1. The molecular weight excluding hydrogens is 160 g/mol. The van der Waals surface area contributed by atoms with Crippen molar-refractivity contribution in [1.29, 1.82) is 0 Å². The Bertz CT molecular complexity index is 204. The van der Waals surface area contributed by atoms with Crippen molar-refractivity contribution >= 4 is 6.16 Å². The van der Waals surface area contributed by atoms with E-state index < -0.39 is 6.16 Å². The smallest absolute Gasteiger partial charge is 0.450 e. The summed E-state index contributed by atoms with van der Waals surface area (Å²) in [7, 11) is 0. The summed E-state index contributed by atoms with van der Waals surface area (Å²) in [5.74, 6) is 0. The Labute approximate surface area is 70.3 Å². The first kappa shape index (κ1) is 10.5. The lowest BCUT2D eigenvalue weighted by molar-refractivity contribution is 0.137. The Morgan fingerprint density at radius 2 is 2.17 bits per heavy atom. The summed E-state index contributed by atoms with van der Waals surface area (Å²) < 4.78 is 2.07. The molecule has 0 aliphatic carbocycles. The number of aromatic nitrogens is 2. The van der Waals surface area contributed by atoms with Gasteiger partial charge in [-0.3, -0.25) is 0 Å². The second-order valence-corrected chi connectivity index (χ2v) is 2.08. The van der Waals surface area contributed by atoms with E-state index in [-0.39, 0.29) is 0 Å². The zero-order chi connectivity index (χ0) is 9.40. The van der Waals surface area contributed by atoms with Crippen LogP contribution in [0, 0.1) is 0 Å². The van der Waals surface area contributed by atoms with Crippen molar-refractivity contribution in [2.45, 2.75) is 19.9 Å². The van der Waals surface area contributed by atoms with Gasteiger partial charge in [0, 0.05) is 18.9 Å². The molecule has 1 aromatic heterocycles. The van der Waals surface area contributed by atoms with Crippen molar-refractivity contribution in [1.82, 2.24) is 9.55 Å². The van der Waals surface area contributed by atoms with Crippen LogP contribution in [0.1, 0.15) is 13.3 Å². The van der Waals surface area contributed by atoms with Crippen molar-refractivity contribution in [2.75, 3.05) is 0 Å². The molecule has 0 saturated heterocycles. The summed E-state index contributed by atoms with van der Waals surface area (Å²) in [6.07, 6.45) is 4.96. The fraction of sp³-hybridized carbons (Fsp3) is 0.429. The van der Waals surface area contributed by atoms with Gasteiger partial charge in [0.2, 0.25) is 0 Å². The Kier molecular flexibility index (Phi) is 5.42. The number of rotatable bonds is 2. The van der Waals surface area contributed by atoms with Crippen molar-refractivity contribution in [3.05, 3.63) is 18.7 Å². The van der Waals surface area contributed by atoms with Crippen LogP contribution in [0.2, 0.25) is 0 Å². The van der Waals surface area contributed by atoms with Crippen LogP contribution in [0.25, 0.3) is 0 Å². The normalized spacial score (nSPS) is 8.42. The first-order valence-corrected chi connectivity index (χ1v) is 3.54. The molecule has 0 spiro atoms. The highest BCUT2D eigenvalue weighted by Gasteiger charge is 1.81. The average Bonchev–Trinajstić information content (AvgIpc) is 2.39. The molecule has 2 N–H and O–H groups in total. The van der Waals surface area contributed by atoms with E-state index in [0.717, 1.165) is 6.54 Å². The summed E-state index contributed by atoms with van der Waals surface area (Å²) in [6.45, 7) is 3.24. The molecule has 0 atom stereocenters. The van der Waals surface area contributed by atoms with Crippen molar-refractivity contribution in [3.8, 4) is 0 Å². The first-order chi connectivity index (χ1) is 5.66. The molecule has 0 unspecified atom stereocenters. The lowest BCUT2D eigenvalue weighted by Gasteiger charge is -1.93. The Morgan fingerprint density at radius 1 is 1.58 bits per heavy atom. The Morgan fingerprint density at radius 3 is 2.50 bits per heavy atom. The van der Waals surface area contributed by atoms with E-state index in [4.69, 9.17) is 15.0 Å². The fourth-order valence-electron chi connectivity index (χ4n) is 0.677. The standard InChI is InChI=1S/C6H10N2.CH2O3/c1-2-4-8-5-3-7-6-8;2-1(3)4/h3,5-6H,2,4H2,1H3;(H2,2,3,4). The average molecular weight is 172 g/mol. The number of imidazole rings is 1.